The van der Waals surface area contributed by atoms with Crippen molar-refractivity contribution in [3.63, 3.8) is 0 Å². The predicted molar refractivity (Wildman–Crippen MR) is 374 cm³/mol. The Morgan fingerprint density at radius 3 is 1.36 bits per heavy atom. The summed E-state index contributed by atoms with van der Waals surface area (Å²) in [4.78, 5) is 4.85. The first-order valence-electron chi connectivity index (χ1n) is 31.0. The van der Waals surface area contributed by atoms with Gasteiger partial charge in [0.1, 0.15) is 27.9 Å². The zero-order chi connectivity index (χ0) is 60.4. The number of nitrogens with zero attached hydrogens (tertiary/aromatic N) is 2. The highest BCUT2D eigenvalue weighted by Gasteiger charge is 2.51. The molecule has 7 heteroatoms. The third-order valence-electron chi connectivity index (χ3n) is 19.2. The van der Waals surface area contributed by atoms with Crippen molar-refractivity contribution in [2.24, 2.45) is 0 Å². The average molecular weight is 1170 g/mol. The van der Waals surface area contributed by atoms with Gasteiger partial charge in [-0.15, -0.1) is 0 Å². The first-order valence-corrected chi connectivity index (χ1v) is 34.5. The lowest BCUT2D eigenvalue weighted by Crippen LogP contribution is -2.38. The summed E-state index contributed by atoms with van der Waals surface area (Å²) in [6.07, 6.45) is 0. The summed E-state index contributed by atoms with van der Waals surface area (Å²) in [5.41, 5.74) is 24.7. The lowest BCUT2D eigenvalue weighted by molar-refractivity contribution is 0.664. The van der Waals surface area contributed by atoms with Crippen molar-refractivity contribution in [1.29, 1.82) is 0 Å². The maximum Gasteiger partial charge on any atom is 0.160 e. The van der Waals surface area contributed by atoms with Gasteiger partial charge in [-0.05, 0) is 152 Å². The van der Waals surface area contributed by atoms with Crippen molar-refractivity contribution in [2.75, 3.05) is 9.80 Å². The molecule has 430 valence electrons. The Morgan fingerprint density at radius 2 is 0.787 bits per heavy atom. The molecule has 1 aliphatic rings. The lowest BCUT2D eigenvalue weighted by atomic mass is 9.66. The van der Waals surface area contributed by atoms with Gasteiger partial charge in [0.15, 0.2) is 16.7 Å². The highest BCUT2D eigenvalue weighted by atomic mass is 28.3. The van der Waals surface area contributed by atoms with Crippen LogP contribution < -0.4 is 15.0 Å². The molecule has 0 saturated heterocycles. The van der Waals surface area contributed by atoms with E-state index in [-0.39, 0.29) is 0 Å². The third-order valence-corrected chi connectivity index (χ3v) is 21.2. The van der Waals surface area contributed by atoms with Gasteiger partial charge < -0.3 is 27.5 Å². The molecule has 0 saturated carbocycles. The van der Waals surface area contributed by atoms with Gasteiger partial charge in [0.25, 0.3) is 0 Å². The smallest absolute Gasteiger partial charge is 0.160 e. The van der Waals surface area contributed by atoms with Gasteiger partial charge in [-0.25, -0.2) is 0 Å². The number of para-hydroxylation sites is 6. The molecule has 4 aromatic heterocycles. The number of benzene rings is 12. The minimum absolute atomic E-state index is 0.758. The van der Waals surface area contributed by atoms with E-state index in [4.69, 9.17) is 17.7 Å². The number of fused-ring (bicyclic) bond motifs is 17. The number of aryl methyl sites for hydroxylation is 6. The highest BCUT2D eigenvalue weighted by molar-refractivity contribution is 6.88. The molecule has 1 aliphatic carbocycles. The van der Waals surface area contributed by atoms with Crippen molar-refractivity contribution in [3.8, 4) is 11.1 Å². The van der Waals surface area contributed by atoms with Crippen LogP contribution in [-0.2, 0) is 5.41 Å². The Bertz CT molecular complexity index is 5650. The third kappa shape index (κ3) is 7.68. The Kier molecular flexibility index (Phi) is 11.5. The summed E-state index contributed by atoms with van der Waals surface area (Å²) in [5, 5.41) is 9.70. The van der Waals surface area contributed by atoms with Crippen LogP contribution in [0.5, 0.6) is 0 Å². The molecule has 0 amide bonds. The van der Waals surface area contributed by atoms with E-state index in [1.165, 1.54) is 21.9 Å². The molecule has 0 fully saturated rings. The van der Waals surface area contributed by atoms with Crippen LogP contribution in [-0.4, -0.2) is 8.07 Å². The Morgan fingerprint density at radius 1 is 0.315 bits per heavy atom. The van der Waals surface area contributed by atoms with Crippen LogP contribution >= 0.6 is 0 Å². The largest absolute Gasteiger partial charge is 0.455 e. The number of anilines is 6. The lowest BCUT2D eigenvalue weighted by Gasteiger charge is -2.37. The Labute approximate surface area is 517 Å². The second-order valence-corrected chi connectivity index (χ2v) is 31.0. The zero-order valence-corrected chi connectivity index (χ0v) is 52.4. The van der Waals surface area contributed by atoms with Gasteiger partial charge in [0.05, 0.1) is 41.6 Å². The van der Waals surface area contributed by atoms with Crippen LogP contribution in [0.25, 0.3) is 98.9 Å². The summed E-state index contributed by atoms with van der Waals surface area (Å²) < 4.78 is 29.7. The van der Waals surface area contributed by atoms with Crippen LogP contribution in [0.1, 0.15) is 55.6 Å². The molecule has 0 aliphatic heterocycles. The summed E-state index contributed by atoms with van der Waals surface area (Å²) >= 11 is 0. The zero-order valence-electron chi connectivity index (χ0n) is 51.4. The minimum atomic E-state index is -1.82. The molecule has 0 spiro atoms. The molecular formula is C82H64N2O4Si. The van der Waals surface area contributed by atoms with Crippen molar-refractivity contribution in [2.45, 2.75) is 66.6 Å². The van der Waals surface area contributed by atoms with Gasteiger partial charge in [-0.2, -0.15) is 0 Å². The second-order valence-electron chi connectivity index (χ2n) is 25.9. The fourth-order valence-corrected chi connectivity index (χ4v) is 16.2. The van der Waals surface area contributed by atoms with Crippen molar-refractivity contribution in [3.05, 3.63) is 280 Å². The quantitative estimate of drug-likeness (QED) is 0.134. The first-order chi connectivity index (χ1) is 43.2. The van der Waals surface area contributed by atoms with Gasteiger partial charge in [0.2, 0.25) is 0 Å². The summed E-state index contributed by atoms with van der Waals surface area (Å²) in [7, 11) is -1.82. The number of rotatable bonds is 9. The Hall–Kier alpha value is -10.3. The van der Waals surface area contributed by atoms with E-state index >= 15 is 0 Å². The molecule has 6 nitrogen and oxygen atoms in total. The van der Waals surface area contributed by atoms with Crippen LogP contribution in [0.2, 0.25) is 19.6 Å². The molecule has 12 aromatic carbocycles. The van der Waals surface area contributed by atoms with E-state index < -0.39 is 13.5 Å². The average Bonchev–Trinajstić information content (AvgIpc) is 1.52. The van der Waals surface area contributed by atoms with Gasteiger partial charge >= 0.3 is 0 Å². The fourth-order valence-electron chi connectivity index (χ4n) is 15.1. The first kappa shape index (κ1) is 52.9. The topological polar surface area (TPSA) is 59.0 Å². The summed E-state index contributed by atoms with van der Waals surface area (Å²) in [5.74, 6) is 0. The summed E-state index contributed by atoms with van der Waals surface area (Å²) in [6, 6.07) is 82.7. The molecule has 1 unspecified atom stereocenters. The molecule has 17 rings (SSSR count). The predicted octanol–water partition coefficient (Wildman–Crippen LogP) is 23.0. The van der Waals surface area contributed by atoms with Gasteiger partial charge in [-0.3, -0.25) is 0 Å². The number of furan rings is 4. The second kappa shape index (κ2) is 19.3. The van der Waals surface area contributed by atoms with E-state index in [1.807, 2.05) is 0 Å². The molecule has 4 heterocycles. The highest BCUT2D eigenvalue weighted by Crippen LogP contribution is 2.65. The fraction of sp³-hybridized carbons (Fsp3) is 0.122. The monoisotopic (exact) mass is 1170 g/mol. The summed E-state index contributed by atoms with van der Waals surface area (Å²) in [6.45, 7) is 20.5. The Balaban J connectivity index is 1.10. The van der Waals surface area contributed by atoms with Crippen molar-refractivity contribution in [1.82, 2.24) is 0 Å². The van der Waals surface area contributed by atoms with E-state index in [0.29, 0.717) is 0 Å². The van der Waals surface area contributed by atoms with Crippen LogP contribution in [0.4, 0.5) is 34.1 Å². The maximum atomic E-state index is 7.73. The molecule has 0 N–H and O–H groups in total. The molecule has 0 bridgehead atoms. The minimum Gasteiger partial charge on any atom is -0.455 e. The van der Waals surface area contributed by atoms with E-state index in [9.17, 15) is 0 Å². The standard InChI is InChI=1S/C82H64N2O4Si/c1-47-20-14-24-54(42-47)83(66-32-18-30-59-57-28-16-22-51(5)76(57)87-78(59)66)68-45-65-75(81-72(68)61-26-10-12-34-70(61)86-81)74-64(82(65,63-44-49(3)36-37-50(63)4)53-38-40-56(41-39-53)89(7,8)9)46-69(80-73(74)62-27-11-13-35-71(62)85-80)84(55-25-15-21-48(2)43-55)67-33-19-31-60-58-29-17-23-52(6)77(58)88-79(60)67/h10-46H,1-9H3. The van der Waals surface area contributed by atoms with E-state index in [1.54, 1.807) is 0 Å². The van der Waals surface area contributed by atoms with Crippen LogP contribution in [0.3, 0.4) is 0 Å². The van der Waals surface area contributed by atoms with E-state index in [2.05, 4.69) is 295 Å². The normalized spacial score (nSPS) is 14.2. The van der Waals surface area contributed by atoms with Crippen molar-refractivity contribution >= 4 is 135 Å². The van der Waals surface area contributed by atoms with Crippen LogP contribution in [0, 0.1) is 41.5 Å². The number of hydrogen-bond donors (Lipinski definition) is 0. The SMILES string of the molecule is Cc1cccc(N(c2cccc3c2oc2c(C)cccc23)c2cc3c(c4c2oc2ccccc24)-c2c(cc(N(c4cccc(C)c4)c4cccc5c4oc4c(C)cccc45)c4c2oc2ccccc24)C3(c2ccc([Si](C)(C)C)cc2)c2cc(C)ccc2C)c1. The molecule has 1 atom stereocenters. The van der Waals surface area contributed by atoms with Crippen molar-refractivity contribution < 1.29 is 17.7 Å². The maximum absolute atomic E-state index is 7.73. The van der Waals surface area contributed by atoms with Crippen LogP contribution in [0.15, 0.2) is 242 Å². The molecule has 0 radical (unpaired) electrons. The van der Waals surface area contributed by atoms with Gasteiger partial charge in [0, 0.05) is 60.2 Å². The van der Waals surface area contributed by atoms with Gasteiger partial charge in [-0.1, -0.05) is 194 Å². The molecular weight excluding hydrogens is 1100 g/mol. The van der Waals surface area contributed by atoms with E-state index in [0.717, 1.165) is 172 Å². The molecule has 16 aromatic rings. The number of hydrogen-bond acceptors (Lipinski definition) is 6. The molecule has 89 heavy (non-hydrogen) atoms.